The third-order valence-electron chi connectivity index (χ3n) is 5.43. The topological polar surface area (TPSA) is 88.9 Å². The Morgan fingerprint density at radius 2 is 1.97 bits per heavy atom. The molecule has 0 spiro atoms. The average molecular weight is 430 g/mol. The molecule has 8 heteroatoms. The van der Waals surface area contributed by atoms with Gasteiger partial charge in [-0.3, -0.25) is 9.59 Å². The zero-order chi connectivity index (χ0) is 21.7. The number of hydrogen-bond acceptors (Lipinski definition) is 5. The van der Waals surface area contributed by atoms with Crippen LogP contribution < -0.4 is 10.6 Å². The van der Waals surface area contributed by atoms with Crippen molar-refractivity contribution < 1.29 is 9.59 Å². The standard InChI is InChI=1S/C22H31N5O2S/c1-14(2)19(24-21(29)16-9-7-8-15(3)12-16)20-25-26-22(27(20)4)30-13-18(28)23-17-10-5-6-11-17/h7-9,12,14,17,19H,5-6,10-11,13H2,1-4H3,(H,23,28)(H,24,29). The number of rotatable bonds is 8. The largest absolute Gasteiger partial charge is 0.353 e. The Balaban J connectivity index is 1.65. The maximum absolute atomic E-state index is 12.8. The molecule has 1 aliphatic rings. The van der Waals surface area contributed by atoms with Gasteiger partial charge in [0.25, 0.3) is 5.91 Å². The van der Waals surface area contributed by atoms with E-state index in [1.54, 1.807) is 6.07 Å². The van der Waals surface area contributed by atoms with Crippen molar-refractivity contribution in [3.8, 4) is 0 Å². The van der Waals surface area contributed by atoms with Crippen LogP contribution in [0.15, 0.2) is 29.4 Å². The Labute approximate surface area is 182 Å². The monoisotopic (exact) mass is 429 g/mol. The van der Waals surface area contributed by atoms with Gasteiger partial charge in [0.15, 0.2) is 11.0 Å². The van der Waals surface area contributed by atoms with Crippen LogP contribution in [0.1, 0.15) is 67.3 Å². The van der Waals surface area contributed by atoms with Gasteiger partial charge in [-0.15, -0.1) is 10.2 Å². The smallest absolute Gasteiger partial charge is 0.251 e. The molecule has 0 saturated heterocycles. The molecule has 1 heterocycles. The zero-order valence-electron chi connectivity index (χ0n) is 18.1. The van der Waals surface area contributed by atoms with Crippen LogP contribution in [-0.4, -0.2) is 38.4 Å². The highest BCUT2D eigenvalue weighted by Crippen LogP contribution is 2.25. The number of nitrogens with zero attached hydrogens (tertiary/aromatic N) is 3. The molecule has 0 bridgehead atoms. The zero-order valence-corrected chi connectivity index (χ0v) is 19.0. The van der Waals surface area contributed by atoms with E-state index in [9.17, 15) is 9.59 Å². The lowest BCUT2D eigenvalue weighted by Crippen LogP contribution is -2.34. The molecule has 30 heavy (non-hydrogen) atoms. The van der Waals surface area contributed by atoms with Crippen LogP contribution >= 0.6 is 11.8 Å². The number of carbonyl (C=O) groups is 2. The fourth-order valence-electron chi connectivity index (χ4n) is 3.73. The molecule has 1 aromatic carbocycles. The normalized spacial score (nSPS) is 15.4. The number of aryl methyl sites for hydroxylation is 1. The highest BCUT2D eigenvalue weighted by molar-refractivity contribution is 7.99. The van der Waals surface area contributed by atoms with Gasteiger partial charge in [0.1, 0.15) is 0 Å². The van der Waals surface area contributed by atoms with Crippen LogP contribution in [0.2, 0.25) is 0 Å². The molecule has 2 N–H and O–H groups in total. The molecule has 7 nitrogen and oxygen atoms in total. The molecule has 0 radical (unpaired) electrons. The first-order valence-electron chi connectivity index (χ1n) is 10.5. The minimum Gasteiger partial charge on any atom is -0.353 e. The quantitative estimate of drug-likeness (QED) is 0.628. The second-order valence-electron chi connectivity index (χ2n) is 8.30. The third-order valence-corrected chi connectivity index (χ3v) is 6.45. The first-order chi connectivity index (χ1) is 14.3. The van der Waals surface area contributed by atoms with E-state index in [0.29, 0.717) is 28.3 Å². The molecule has 2 aromatic rings. The summed E-state index contributed by atoms with van der Waals surface area (Å²) in [7, 11) is 1.88. The van der Waals surface area contributed by atoms with E-state index in [-0.39, 0.29) is 23.8 Å². The van der Waals surface area contributed by atoms with Gasteiger partial charge in [0, 0.05) is 18.7 Å². The lowest BCUT2D eigenvalue weighted by atomic mass is 10.0. The van der Waals surface area contributed by atoms with Gasteiger partial charge >= 0.3 is 0 Å². The van der Waals surface area contributed by atoms with E-state index < -0.39 is 0 Å². The van der Waals surface area contributed by atoms with Crippen molar-refractivity contribution >= 4 is 23.6 Å². The van der Waals surface area contributed by atoms with Gasteiger partial charge in [0.05, 0.1) is 11.8 Å². The van der Waals surface area contributed by atoms with Gasteiger partial charge in [0.2, 0.25) is 5.91 Å². The van der Waals surface area contributed by atoms with E-state index in [2.05, 4.69) is 20.8 Å². The van der Waals surface area contributed by atoms with E-state index in [1.165, 1.54) is 24.6 Å². The van der Waals surface area contributed by atoms with E-state index in [1.807, 2.05) is 50.6 Å². The van der Waals surface area contributed by atoms with Gasteiger partial charge in [-0.2, -0.15) is 0 Å². The summed E-state index contributed by atoms with van der Waals surface area (Å²) < 4.78 is 1.87. The Kier molecular flexibility index (Phi) is 7.53. The molecular weight excluding hydrogens is 398 g/mol. The predicted octanol–water partition coefficient (Wildman–Crippen LogP) is 3.40. The number of carbonyl (C=O) groups excluding carboxylic acids is 2. The molecule has 1 aromatic heterocycles. The average Bonchev–Trinajstić information content (AvgIpc) is 3.34. The van der Waals surface area contributed by atoms with E-state index in [0.717, 1.165) is 18.4 Å². The Morgan fingerprint density at radius 1 is 1.23 bits per heavy atom. The number of amides is 2. The van der Waals surface area contributed by atoms with Crippen molar-refractivity contribution in [2.45, 2.75) is 63.7 Å². The number of thioether (sulfide) groups is 1. The SMILES string of the molecule is Cc1cccc(C(=O)NC(c2nnc(SCC(=O)NC3CCCC3)n2C)C(C)C)c1. The highest BCUT2D eigenvalue weighted by atomic mass is 32.2. The molecule has 2 amide bonds. The summed E-state index contributed by atoms with van der Waals surface area (Å²) in [5.41, 5.74) is 1.66. The third kappa shape index (κ3) is 5.62. The summed E-state index contributed by atoms with van der Waals surface area (Å²) in [6.45, 7) is 6.04. The van der Waals surface area contributed by atoms with Crippen LogP contribution in [-0.2, 0) is 11.8 Å². The summed E-state index contributed by atoms with van der Waals surface area (Å²) in [4.78, 5) is 25.0. The van der Waals surface area contributed by atoms with Crippen LogP contribution in [0.5, 0.6) is 0 Å². The lowest BCUT2D eigenvalue weighted by molar-refractivity contribution is -0.119. The van der Waals surface area contributed by atoms with Crippen molar-refractivity contribution in [3.05, 3.63) is 41.2 Å². The second kappa shape index (κ2) is 10.1. The minimum atomic E-state index is -0.280. The summed E-state index contributed by atoms with van der Waals surface area (Å²) in [6.07, 6.45) is 4.52. The molecule has 3 rings (SSSR count). The molecule has 162 valence electrons. The van der Waals surface area contributed by atoms with Crippen LogP contribution in [0, 0.1) is 12.8 Å². The van der Waals surface area contributed by atoms with Crippen molar-refractivity contribution in [2.75, 3.05) is 5.75 Å². The first-order valence-corrected chi connectivity index (χ1v) is 11.5. The highest BCUT2D eigenvalue weighted by Gasteiger charge is 2.25. The van der Waals surface area contributed by atoms with Crippen LogP contribution in [0.3, 0.4) is 0 Å². The van der Waals surface area contributed by atoms with Crippen molar-refractivity contribution in [2.24, 2.45) is 13.0 Å². The lowest BCUT2D eigenvalue weighted by Gasteiger charge is -2.22. The fourth-order valence-corrected chi connectivity index (χ4v) is 4.46. The number of nitrogens with one attached hydrogen (secondary N) is 2. The molecule has 1 saturated carbocycles. The number of aromatic nitrogens is 3. The summed E-state index contributed by atoms with van der Waals surface area (Å²) in [6, 6.07) is 7.55. The van der Waals surface area contributed by atoms with Gasteiger partial charge < -0.3 is 15.2 Å². The Hall–Kier alpha value is -2.35. The van der Waals surface area contributed by atoms with Crippen LogP contribution in [0.4, 0.5) is 0 Å². The maximum Gasteiger partial charge on any atom is 0.251 e. The van der Waals surface area contributed by atoms with Gasteiger partial charge in [-0.05, 0) is 37.8 Å². The fraction of sp³-hybridized carbons (Fsp3) is 0.545. The predicted molar refractivity (Wildman–Crippen MR) is 118 cm³/mol. The first kappa shape index (κ1) is 22.3. The Bertz CT molecular complexity index is 889. The Morgan fingerprint density at radius 3 is 2.63 bits per heavy atom. The maximum atomic E-state index is 12.8. The number of hydrogen-bond donors (Lipinski definition) is 2. The van der Waals surface area contributed by atoms with E-state index >= 15 is 0 Å². The van der Waals surface area contributed by atoms with Crippen molar-refractivity contribution in [1.82, 2.24) is 25.4 Å². The molecule has 1 aliphatic carbocycles. The molecule has 1 unspecified atom stereocenters. The van der Waals surface area contributed by atoms with Crippen molar-refractivity contribution in [3.63, 3.8) is 0 Å². The second-order valence-corrected chi connectivity index (χ2v) is 9.24. The molecule has 1 fully saturated rings. The number of benzene rings is 1. The van der Waals surface area contributed by atoms with E-state index in [4.69, 9.17) is 0 Å². The summed E-state index contributed by atoms with van der Waals surface area (Å²) >= 11 is 1.37. The summed E-state index contributed by atoms with van der Waals surface area (Å²) in [5, 5.41) is 15.4. The minimum absolute atomic E-state index is 0.0320. The van der Waals surface area contributed by atoms with Gasteiger partial charge in [-0.25, -0.2) is 0 Å². The molecule has 1 atom stereocenters. The van der Waals surface area contributed by atoms with Crippen LogP contribution in [0.25, 0.3) is 0 Å². The molecular formula is C22H31N5O2S. The van der Waals surface area contributed by atoms with Gasteiger partial charge in [-0.1, -0.05) is 56.1 Å². The summed E-state index contributed by atoms with van der Waals surface area (Å²) in [5.74, 6) is 1.02. The molecule has 0 aliphatic heterocycles. The van der Waals surface area contributed by atoms with Crippen molar-refractivity contribution in [1.29, 1.82) is 0 Å².